The SMILES string of the molecule is O=C(c1ccc(Nc2nc(C3CC3)c3c(C(F)(F)F)c[nH]c3n2)c2c1CCO2)N1CC[C@@H](N2CCOCC2)C1. The van der Waals surface area contributed by atoms with E-state index in [4.69, 9.17) is 9.47 Å². The molecule has 5 heterocycles. The Kier molecular flexibility index (Phi) is 5.92. The molecule has 2 N–H and O–H groups in total. The Morgan fingerprint density at radius 3 is 2.67 bits per heavy atom. The molecule has 206 valence electrons. The summed E-state index contributed by atoms with van der Waals surface area (Å²) in [5.41, 5.74) is 1.87. The van der Waals surface area contributed by atoms with Crippen molar-refractivity contribution >= 4 is 28.6 Å². The summed E-state index contributed by atoms with van der Waals surface area (Å²) in [5.74, 6) is 0.754. The van der Waals surface area contributed by atoms with Gasteiger partial charge in [-0.25, -0.2) is 4.98 Å². The van der Waals surface area contributed by atoms with E-state index in [0.717, 1.165) is 57.3 Å². The number of carbonyl (C=O) groups excluding carboxylic acids is 1. The van der Waals surface area contributed by atoms with Crippen molar-refractivity contribution in [1.29, 1.82) is 0 Å². The molecule has 9 nitrogen and oxygen atoms in total. The third-order valence-electron chi connectivity index (χ3n) is 8.18. The van der Waals surface area contributed by atoms with E-state index >= 15 is 0 Å². The number of H-pyrrole nitrogens is 1. The summed E-state index contributed by atoms with van der Waals surface area (Å²) < 4.78 is 52.2. The molecule has 1 aliphatic carbocycles. The molecule has 7 rings (SSSR count). The molecular formula is C27H29F3N6O3. The number of alkyl halides is 3. The number of rotatable bonds is 5. The Labute approximate surface area is 222 Å². The van der Waals surface area contributed by atoms with Gasteiger partial charge < -0.3 is 24.7 Å². The fourth-order valence-electron chi connectivity index (χ4n) is 6.05. The minimum Gasteiger partial charge on any atom is -0.491 e. The zero-order valence-electron chi connectivity index (χ0n) is 21.3. The van der Waals surface area contributed by atoms with Crippen molar-refractivity contribution in [3.05, 3.63) is 40.7 Å². The molecule has 39 heavy (non-hydrogen) atoms. The summed E-state index contributed by atoms with van der Waals surface area (Å²) in [7, 11) is 0. The largest absolute Gasteiger partial charge is 0.491 e. The molecule has 3 aromatic rings. The first-order valence-corrected chi connectivity index (χ1v) is 13.5. The number of amides is 1. The first-order valence-electron chi connectivity index (χ1n) is 13.5. The van der Waals surface area contributed by atoms with Gasteiger partial charge in [-0.15, -0.1) is 0 Å². The van der Waals surface area contributed by atoms with Crippen LogP contribution in [0, 0.1) is 0 Å². The third kappa shape index (κ3) is 4.49. The zero-order chi connectivity index (χ0) is 26.7. The average molecular weight is 543 g/mol. The summed E-state index contributed by atoms with van der Waals surface area (Å²) in [6.07, 6.45) is -0.390. The number of benzene rings is 1. The lowest BCUT2D eigenvalue weighted by Crippen LogP contribution is -2.45. The molecular weight excluding hydrogens is 513 g/mol. The van der Waals surface area contributed by atoms with Gasteiger partial charge in [0.1, 0.15) is 11.4 Å². The molecule has 1 amide bonds. The van der Waals surface area contributed by atoms with Crippen molar-refractivity contribution in [1.82, 2.24) is 24.8 Å². The molecule has 0 radical (unpaired) electrons. The molecule has 4 aliphatic rings. The summed E-state index contributed by atoms with van der Waals surface area (Å²) >= 11 is 0. The highest BCUT2D eigenvalue weighted by atomic mass is 19.4. The Morgan fingerprint density at radius 2 is 1.90 bits per heavy atom. The highest BCUT2D eigenvalue weighted by Gasteiger charge is 2.39. The molecule has 3 fully saturated rings. The highest BCUT2D eigenvalue weighted by Crippen LogP contribution is 2.46. The lowest BCUT2D eigenvalue weighted by atomic mass is 10.0. The van der Waals surface area contributed by atoms with Crippen molar-refractivity contribution in [3.8, 4) is 5.75 Å². The number of aromatic amines is 1. The smallest absolute Gasteiger partial charge is 0.418 e. The van der Waals surface area contributed by atoms with E-state index in [1.165, 1.54) is 0 Å². The Bertz CT molecular complexity index is 1430. The van der Waals surface area contributed by atoms with E-state index in [0.29, 0.717) is 54.9 Å². The van der Waals surface area contributed by atoms with Gasteiger partial charge in [-0.3, -0.25) is 9.69 Å². The molecule has 2 saturated heterocycles. The van der Waals surface area contributed by atoms with Gasteiger partial charge in [-0.1, -0.05) is 0 Å². The van der Waals surface area contributed by atoms with Crippen LogP contribution in [0.4, 0.5) is 24.8 Å². The lowest BCUT2D eigenvalue weighted by Gasteiger charge is -2.32. The Morgan fingerprint density at radius 1 is 1.08 bits per heavy atom. The number of anilines is 2. The molecule has 0 unspecified atom stereocenters. The van der Waals surface area contributed by atoms with E-state index in [9.17, 15) is 18.0 Å². The monoisotopic (exact) mass is 542 g/mol. The van der Waals surface area contributed by atoms with E-state index in [-0.39, 0.29) is 28.8 Å². The van der Waals surface area contributed by atoms with Crippen LogP contribution in [-0.2, 0) is 17.3 Å². The number of likely N-dealkylation sites (tertiary alicyclic amines) is 1. The van der Waals surface area contributed by atoms with Crippen molar-refractivity contribution < 1.29 is 27.4 Å². The number of nitrogens with one attached hydrogen (secondary N) is 2. The Hall–Kier alpha value is -3.38. The molecule has 1 aromatic carbocycles. The van der Waals surface area contributed by atoms with Gasteiger partial charge in [0.25, 0.3) is 5.91 Å². The molecule has 1 atom stereocenters. The van der Waals surface area contributed by atoms with Crippen LogP contribution in [0.15, 0.2) is 18.3 Å². The van der Waals surface area contributed by atoms with Gasteiger partial charge in [0.2, 0.25) is 5.95 Å². The van der Waals surface area contributed by atoms with Crippen molar-refractivity contribution in [3.63, 3.8) is 0 Å². The second kappa shape index (κ2) is 9.37. The number of ether oxygens (including phenoxy) is 2. The van der Waals surface area contributed by atoms with Crippen LogP contribution in [0.2, 0.25) is 0 Å². The molecule has 3 aliphatic heterocycles. The van der Waals surface area contributed by atoms with Gasteiger partial charge >= 0.3 is 6.18 Å². The normalized spacial score (nSPS) is 21.8. The van der Waals surface area contributed by atoms with Crippen LogP contribution in [0.5, 0.6) is 5.75 Å². The number of fused-ring (bicyclic) bond motifs is 2. The maximum absolute atomic E-state index is 13.6. The highest BCUT2D eigenvalue weighted by molar-refractivity contribution is 5.98. The van der Waals surface area contributed by atoms with Gasteiger partial charge in [0.05, 0.1) is 42.2 Å². The van der Waals surface area contributed by atoms with Crippen LogP contribution in [0.25, 0.3) is 11.0 Å². The van der Waals surface area contributed by atoms with Gasteiger partial charge in [0.15, 0.2) is 0 Å². The zero-order valence-corrected chi connectivity index (χ0v) is 21.3. The topological polar surface area (TPSA) is 95.6 Å². The quantitative estimate of drug-likeness (QED) is 0.502. The maximum atomic E-state index is 13.6. The number of aromatic nitrogens is 3. The first kappa shape index (κ1) is 24.6. The number of nitrogens with zero attached hydrogens (tertiary/aromatic N) is 4. The first-order chi connectivity index (χ1) is 18.9. The number of morpholine rings is 1. The fourth-order valence-corrected chi connectivity index (χ4v) is 6.05. The van der Waals surface area contributed by atoms with E-state index in [2.05, 4.69) is 25.2 Å². The van der Waals surface area contributed by atoms with Crippen molar-refractivity contribution in [2.75, 3.05) is 51.3 Å². The van der Waals surface area contributed by atoms with Gasteiger partial charge in [-0.05, 0) is 31.4 Å². The fraction of sp³-hybridized carbons (Fsp3) is 0.519. The van der Waals surface area contributed by atoms with E-state index in [1.807, 2.05) is 4.90 Å². The molecule has 0 spiro atoms. The number of hydrogen-bond donors (Lipinski definition) is 2. The summed E-state index contributed by atoms with van der Waals surface area (Å²) in [6, 6.07) is 3.92. The van der Waals surface area contributed by atoms with E-state index < -0.39 is 11.7 Å². The van der Waals surface area contributed by atoms with Crippen LogP contribution in [0.3, 0.4) is 0 Å². The van der Waals surface area contributed by atoms with Crippen LogP contribution >= 0.6 is 0 Å². The molecule has 1 saturated carbocycles. The predicted molar refractivity (Wildman–Crippen MR) is 136 cm³/mol. The van der Waals surface area contributed by atoms with Crippen LogP contribution < -0.4 is 10.1 Å². The number of hydrogen-bond acceptors (Lipinski definition) is 7. The van der Waals surface area contributed by atoms with Gasteiger partial charge in [0, 0.05) is 61.9 Å². The maximum Gasteiger partial charge on any atom is 0.418 e. The molecule has 0 bridgehead atoms. The summed E-state index contributed by atoms with van der Waals surface area (Å²) in [4.78, 5) is 29.4. The predicted octanol–water partition coefficient (Wildman–Crippen LogP) is 4.08. The molecule has 2 aromatic heterocycles. The molecule has 12 heteroatoms. The van der Waals surface area contributed by atoms with Gasteiger partial charge in [-0.2, -0.15) is 18.2 Å². The standard InChI is InChI=1S/C27H29F3N6O3/c28-27(29,30)19-13-31-24-21(19)22(15-1-2-15)33-26(34-24)32-20-4-3-18(17-6-10-39-23(17)20)25(37)36-7-5-16(14-36)35-8-11-38-12-9-35/h3-4,13,15-16H,1-2,5-12,14H2,(H2,31,32,33,34)/t16-/m1/s1. The van der Waals surface area contributed by atoms with Crippen LogP contribution in [0.1, 0.15) is 52.4 Å². The lowest BCUT2D eigenvalue weighted by molar-refractivity contribution is -0.136. The average Bonchev–Trinajstić information content (AvgIpc) is 3.31. The van der Waals surface area contributed by atoms with E-state index in [1.54, 1.807) is 12.1 Å². The van der Waals surface area contributed by atoms with Crippen molar-refractivity contribution in [2.45, 2.75) is 43.8 Å². The minimum absolute atomic E-state index is 0.00110. The second-order valence-electron chi connectivity index (χ2n) is 10.7. The van der Waals surface area contributed by atoms with Crippen LogP contribution in [-0.4, -0.2) is 82.7 Å². The minimum atomic E-state index is -4.49. The summed E-state index contributed by atoms with van der Waals surface area (Å²) in [5, 5.41) is 3.20. The number of carbonyl (C=O) groups is 1. The van der Waals surface area contributed by atoms with Crippen molar-refractivity contribution in [2.24, 2.45) is 0 Å². The second-order valence-corrected chi connectivity index (χ2v) is 10.7. The third-order valence-corrected chi connectivity index (χ3v) is 8.18. The summed E-state index contributed by atoms with van der Waals surface area (Å²) in [6.45, 7) is 5.11. The number of halogens is 3. The Balaban J connectivity index is 1.15.